The van der Waals surface area contributed by atoms with E-state index in [4.69, 9.17) is 13.7 Å². The Balaban J connectivity index is 2.28. The minimum Gasteiger partial charge on any atom is -0.497 e. The van der Waals surface area contributed by atoms with E-state index < -0.39 is 0 Å². The molecule has 0 aliphatic heterocycles. The van der Waals surface area contributed by atoms with Crippen molar-refractivity contribution in [3.8, 4) is 5.75 Å². The first-order valence-corrected chi connectivity index (χ1v) is 9.85. The molecule has 3 nitrogen and oxygen atoms in total. The Bertz CT molecular complexity index is 381. The molecule has 0 spiro atoms. The third kappa shape index (κ3) is 9.90. The number of benzene rings is 1. The number of ether oxygens (including phenoxy) is 2. The van der Waals surface area contributed by atoms with Gasteiger partial charge in [0.15, 0.2) is 0 Å². The summed E-state index contributed by atoms with van der Waals surface area (Å²) in [4.78, 5) is 0. The summed E-state index contributed by atoms with van der Waals surface area (Å²) in [5, 5.41) is 0. The molecule has 0 saturated heterocycles. The molecule has 1 rings (SSSR count). The van der Waals surface area contributed by atoms with Crippen molar-refractivity contribution < 1.29 is 13.7 Å². The summed E-state index contributed by atoms with van der Waals surface area (Å²) in [5.41, 5.74) is 1.17. The number of hydrogen-bond acceptors (Lipinski definition) is 4. The highest BCUT2D eigenvalue weighted by atomic mass is 32.2. The Labute approximate surface area is 146 Å². The molecule has 132 valence electrons. The quantitative estimate of drug-likeness (QED) is 0.324. The lowest BCUT2D eigenvalue weighted by molar-refractivity contribution is 0.00772. The van der Waals surface area contributed by atoms with E-state index >= 15 is 0 Å². The predicted octanol–water partition coefficient (Wildman–Crippen LogP) is 5.63. The number of rotatable bonds is 14. The molecule has 23 heavy (non-hydrogen) atoms. The maximum atomic E-state index is 6.05. The number of methoxy groups -OCH3 is 1. The van der Waals surface area contributed by atoms with Crippen molar-refractivity contribution in [2.45, 2.75) is 64.6 Å². The largest absolute Gasteiger partial charge is 0.497 e. The molecule has 1 unspecified atom stereocenters. The van der Waals surface area contributed by atoms with Crippen LogP contribution in [0.25, 0.3) is 0 Å². The maximum absolute atomic E-state index is 6.05. The fourth-order valence-electron chi connectivity index (χ4n) is 2.45. The number of unbranched alkanes of at least 4 members (excludes halogenated alkanes) is 5. The summed E-state index contributed by atoms with van der Waals surface area (Å²) in [7, 11) is 1.68. The SMILES string of the molecule is CCCCCCCCC(COSC)OCc1ccc(OC)cc1. The monoisotopic (exact) mass is 340 g/mol. The van der Waals surface area contributed by atoms with Crippen LogP contribution in [-0.2, 0) is 15.5 Å². The van der Waals surface area contributed by atoms with Gasteiger partial charge in [0.1, 0.15) is 5.75 Å². The van der Waals surface area contributed by atoms with Gasteiger partial charge in [0.25, 0.3) is 0 Å². The van der Waals surface area contributed by atoms with E-state index in [1.54, 1.807) is 7.11 Å². The van der Waals surface area contributed by atoms with Crippen LogP contribution in [-0.4, -0.2) is 26.1 Å². The third-order valence-electron chi connectivity index (χ3n) is 3.90. The van der Waals surface area contributed by atoms with Crippen LogP contribution in [0.3, 0.4) is 0 Å². The van der Waals surface area contributed by atoms with Crippen LogP contribution in [0, 0.1) is 0 Å². The van der Waals surface area contributed by atoms with Gasteiger partial charge < -0.3 is 13.7 Å². The van der Waals surface area contributed by atoms with Gasteiger partial charge in [0.2, 0.25) is 0 Å². The smallest absolute Gasteiger partial charge is 0.118 e. The Morgan fingerprint density at radius 2 is 1.70 bits per heavy atom. The molecule has 0 heterocycles. The molecule has 0 amide bonds. The molecule has 4 heteroatoms. The van der Waals surface area contributed by atoms with Crippen LogP contribution in [0.5, 0.6) is 5.75 Å². The minimum atomic E-state index is 0.177. The van der Waals surface area contributed by atoms with Gasteiger partial charge in [-0.3, -0.25) is 0 Å². The van der Waals surface area contributed by atoms with E-state index in [0.717, 1.165) is 12.2 Å². The third-order valence-corrected chi connectivity index (χ3v) is 4.27. The van der Waals surface area contributed by atoms with E-state index in [2.05, 4.69) is 19.1 Å². The highest BCUT2D eigenvalue weighted by molar-refractivity contribution is 7.93. The molecule has 0 bridgehead atoms. The average Bonchev–Trinajstić information content (AvgIpc) is 2.60. The molecule has 0 fully saturated rings. The molecular formula is C19H32O3S. The lowest BCUT2D eigenvalue weighted by atomic mass is 10.1. The van der Waals surface area contributed by atoms with Gasteiger partial charge in [-0.15, -0.1) is 0 Å². The van der Waals surface area contributed by atoms with Crippen LogP contribution >= 0.6 is 12.0 Å². The second-order valence-corrected chi connectivity index (χ2v) is 6.36. The summed E-state index contributed by atoms with van der Waals surface area (Å²) in [6.07, 6.45) is 11.1. The van der Waals surface area contributed by atoms with Gasteiger partial charge in [-0.2, -0.15) is 0 Å². The predicted molar refractivity (Wildman–Crippen MR) is 99.0 cm³/mol. The van der Waals surface area contributed by atoms with Crippen molar-refractivity contribution in [3.63, 3.8) is 0 Å². The Morgan fingerprint density at radius 1 is 1.00 bits per heavy atom. The zero-order valence-corrected chi connectivity index (χ0v) is 15.7. The van der Waals surface area contributed by atoms with E-state index in [-0.39, 0.29) is 6.10 Å². The lowest BCUT2D eigenvalue weighted by Gasteiger charge is -2.17. The first-order chi connectivity index (χ1) is 11.3. The molecule has 0 aliphatic carbocycles. The second-order valence-electron chi connectivity index (χ2n) is 5.79. The maximum Gasteiger partial charge on any atom is 0.118 e. The minimum absolute atomic E-state index is 0.177. The molecule has 0 radical (unpaired) electrons. The van der Waals surface area contributed by atoms with Crippen molar-refractivity contribution in [2.75, 3.05) is 20.0 Å². The van der Waals surface area contributed by atoms with E-state index in [1.165, 1.54) is 56.1 Å². The van der Waals surface area contributed by atoms with Gasteiger partial charge in [-0.1, -0.05) is 57.6 Å². The van der Waals surface area contributed by atoms with Gasteiger partial charge in [-0.05, 0) is 36.2 Å². The number of hydrogen-bond donors (Lipinski definition) is 0. The lowest BCUT2D eigenvalue weighted by Crippen LogP contribution is -2.18. The summed E-state index contributed by atoms with van der Waals surface area (Å²) >= 11 is 1.41. The van der Waals surface area contributed by atoms with Crippen molar-refractivity contribution >= 4 is 12.0 Å². The van der Waals surface area contributed by atoms with E-state index in [1.807, 2.05) is 18.4 Å². The van der Waals surface area contributed by atoms with Crippen molar-refractivity contribution in [3.05, 3.63) is 29.8 Å². The fraction of sp³-hybridized carbons (Fsp3) is 0.684. The fourth-order valence-corrected chi connectivity index (χ4v) is 2.73. The molecule has 1 atom stereocenters. The van der Waals surface area contributed by atoms with E-state index in [0.29, 0.717) is 13.2 Å². The molecule has 1 aromatic carbocycles. The van der Waals surface area contributed by atoms with Crippen LogP contribution in [0.1, 0.15) is 57.4 Å². The first kappa shape index (κ1) is 20.3. The van der Waals surface area contributed by atoms with Crippen LogP contribution < -0.4 is 4.74 Å². The van der Waals surface area contributed by atoms with Gasteiger partial charge in [-0.25, -0.2) is 0 Å². The normalized spacial score (nSPS) is 12.3. The van der Waals surface area contributed by atoms with Crippen LogP contribution in [0.15, 0.2) is 24.3 Å². The molecular weight excluding hydrogens is 308 g/mol. The van der Waals surface area contributed by atoms with Crippen molar-refractivity contribution in [2.24, 2.45) is 0 Å². The molecule has 0 saturated carbocycles. The van der Waals surface area contributed by atoms with Gasteiger partial charge >= 0.3 is 0 Å². The van der Waals surface area contributed by atoms with Crippen LogP contribution in [0.2, 0.25) is 0 Å². The Morgan fingerprint density at radius 3 is 2.35 bits per heavy atom. The molecule has 1 aromatic rings. The van der Waals surface area contributed by atoms with Crippen molar-refractivity contribution in [1.29, 1.82) is 0 Å². The first-order valence-electron chi connectivity index (χ1n) is 8.70. The van der Waals surface area contributed by atoms with Gasteiger partial charge in [0.05, 0.1) is 26.4 Å². The zero-order chi connectivity index (χ0) is 16.8. The Hall–Kier alpha value is -0.710. The summed E-state index contributed by atoms with van der Waals surface area (Å²) in [5.74, 6) is 0.878. The van der Waals surface area contributed by atoms with Crippen molar-refractivity contribution in [1.82, 2.24) is 0 Å². The zero-order valence-electron chi connectivity index (χ0n) is 14.9. The van der Waals surface area contributed by atoms with E-state index in [9.17, 15) is 0 Å². The summed E-state index contributed by atoms with van der Waals surface area (Å²) in [6, 6.07) is 8.05. The highest BCUT2D eigenvalue weighted by Crippen LogP contribution is 2.16. The molecule has 0 aromatic heterocycles. The molecule has 0 aliphatic rings. The highest BCUT2D eigenvalue weighted by Gasteiger charge is 2.10. The van der Waals surface area contributed by atoms with Crippen LogP contribution in [0.4, 0.5) is 0 Å². The summed E-state index contributed by atoms with van der Waals surface area (Å²) in [6.45, 7) is 3.54. The average molecular weight is 341 g/mol. The Kier molecular flexibility index (Phi) is 12.1. The standard InChI is InChI=1S/C19H32O3S/c1-4-5-6-7-8-9-10-19(16-22-23-3)21-15-17-11-13-18(20-2)14-12-17/h11-14,19H,4-10,15-16H2,1-3H3. The second kappa shape index (κ2) is 13.7. The van der Waals surface area contributed by atoms with Gasteiger partial charge in [0, 0.05) is 6.26 Å². The summed E-state index contributed by atoms with van der Waals surface area (Å²) < 4.78 is 16.7. The molecule has 0 N–H and O–H groups in total. The topological polar surface area (TPSA) is 27.7 Å².